The van der Waals surface area contributed by atoms with E-state index in [9.17, 15) is 18.4 Å². The number of nitrogens with two attached hydrogens (primary N) is 1. The van der Waals surface area contributed by atoms with E-state index in [4.69, 9.17) is 10.6 Å². The van der Waals surface area contributed by atoms with Gasteiger partial charge >= 0.3 is 6.09 Å². The summed E-state index contributed by atoms with van der Waals surface area (Å²) in [4.78, 5) is 26.0. The van der Waals surface area contributed by atoms with Gasteiger partial charge in [0.25, 0.3) is 0 Å². The van der Waals surface area contributed by atoms with Crippen LogP contribution in [0.1, 0.15) is 6.92 Å². The Bertz CT molecular complexity index is 692. The summed E-state index contributed by atoms with van der Waals surface area (Å²) in [7, 11) is 0. The van der Waals surface area contributed by atoms with Crippen LogP contribution in [0.2, 0.25) is 0 Å². The molecule has 3 rings (SSSR count). The molecule has 142 valence electrons. The van der Waals surface area contributed by atoms with Crippen molar-refractivity contribution in [2.75, 3.05) is 47.5 Å². The minimum Gasteiger partial charge on any atom is -0.442 e. The molecule has 1 aromatic carbocycles. The monoisotopic (exact) mass is 386 g/mol. The molecule has 0 aliphatic carbocycles. The van der Waals surface area contributed by atoms with Crippen molar-refractivity contribution in [1.82, 2.24) is 5.01 Å². The van der Waals surface area contributed by atoms with Crippen molar-refractivity contribution < 1.29 is 23.1 Å². The summed E-state index contributed by atoms with van der Waals surface area (Å²) in [6, 6.07) is 2.27. The van der Waals surface area contributed by atoms with Crippen LogP contribution in [0.5, 0.6) is 0 Å². The van der Waals surface area contributed by atoms with Gasteiger partial charge in [0.1, 0.15) is 11.8 Å². The summed E-state index contributed by atoms with van der Waals surface area (Å²) in [5, 5.41) is 0.931. The molecule has 0 bridgehead atoms. The fourth-order valence-corrected chi connectivity index (χ4v) is 3.88. The van der Waals surface area contributed by atoms with Crippen LogP contribution in [0.25, 0.3) is 0 Å². The van der Waals surface area contributed by atoms with E-state index >= 15 is 0 Å². The van der Waals surface area contributed by atoms with Gasteiger partial charge < -0.3 is 9.64 Å². The van der Waals surface area contributed by atoms with Crippen LogP contribution in [0.15, 0.2) is 12.1 Å². The molecular weight excluding hydrogens is 366 g/mol. The zero-order valence-corrected chi connectivity index (χ0v) is 15.1. The van der Waals surface area contributed by atoms with Gasteiger partial charge in [-0.15, -0.1) is 0 Å². The van der Waals surface area contributed by atoms with E-state index in [2.05, 4.69) is 0 Å². The molecule has 0 saturated carbocycles. The van der Waals surface area contributed by atoms with Gasteiger partial charge in [-0.2, -0.15) is 11.8 Å². The molecule has 1 atom stereocenters. The maximum atomic E-state index is 14.5. The number of carbonyl (C=O) groups excluding carboxylic acids is 2. The molecule has 0 aromatic heterocycles. The lowest BCUT2D eigenvalue weighted by Gasteiger charge is -2.29. The highest BCUT2D eigenvalue weighted by Gasteiger charge is 2.35. The Kier molecular flexibility index (Phi) is 5.52. The number of hydrazine groups is 1. The molecule has 2 N–H and O–H groups in total. The van der Waals surface area contributed by atoms with E-state index in [1.54, 1.807) is 16.7 Å². The Morgan fingerprint density at radius 1 is 1.35 bits per heavy atom. The minimum atomic E-state index is -0.729. The van der Waals surface area contributed by atoms with Crippen LogP contribution in [0.3, 0.4) is 0 Å². The van der Waals surface area contributed by atoms with E-state index in [0.29, 0.717) is 13.1 Å². The molecule has 2 fully saturated rings. The second-order valence-electron chi connectivity index (χ2n) is 6.15. The second-order valence-corrected chi connectivity index (χ2v) is 7.37. The lowest BCUT2D eigenvalue weighted by atomic mass is 10.2. The summed E-state index contributed by atoms with van der Waals surface area (Å²) < 4.78 is 34.2. The molecule has 0 radical (unpaired) electrons. The van der Waals surface area contributed by atoms with Gasteiger partial charge in [0.05, 0.1) is 18.8 Å². The largest absolute Gasteiger partial charge is 0.442 e. The van der Waals surface area contributed by atoms with Gasteiger partial charge in [-0.05, 0) is 0 Å². The number of benzene rings is 1. The van der Waals surface area contributed by atoms with E-state index in [1.165, 1.54) is 6.92 Å². The molecule has 2 saturated heterocycles. The number of thioether (sulfide) groups is 1. The first kappa shape index (κ1) is 18.7. The third-order valence-electron chi connectivity index (χ3n) is 4.32. The number of hydrogen-bond donors (Lipinski definition) is 1. The highest BCUT2D eigenvalue weighted by molar-refractivity contribution is 7.99. The number of ether oxygens (including phenoxy) is 1. The minimum absolute atomic E-state index is 0.00602. The molecular formula is C16H20F2N4O3S. The number of amides is 2. The fraction of sp³-hybridized carbons (Fsp3) is 0.500. The van der Waals surface area contributed by atoms with E-state index in [1.807, 2.05) is 0 Å². The average Bonchev–Trinajstić information content (AvgIpc) is 2.95. The Hall–Kier alpha value is -2.07. The normalized spacial score (nSPS) is 20.3. The molecule has 2 aliphatic rings. The zero-order valence-electron chi connectivity index (χ0n) is 14.3. The van der Waals surface area contributed by atoms with Crippen molar-refractivity contribution in [3.05, 3.63) is 23.8 Å². The molecule has 0 spiro atoms. The lowest BCUT2D eigenvalue weighted by molar-refractivity contribution is -0.130. The Labute approximate surface area is 154 Å². The highest BCUT2D eigenvalue weighted by Crippen LogP contribution is 2.32. The quantitative estimate of drug-likeness (QED) is 0.481. The molecule has 2 aliphatic heterocycles. The highest BCUT2D eigenvalue weighted by atomic mass is 32.2. The van der Waals surface area contributed by atoms with Crippen LogP contribution < -0.4 is 15.6 Å². The van der Waals surface area contributed by atoms with E-state index < -0.39 is 23.8 Å². The van der Waals surface area contributed by atoms with Crippen LogP contribution >= 0.6 is 11.8 Å². The van der Waals surface area contributed by atoms with E-state index in [0.717, 1.165) is 33.5 Å². The van der Waals surface area contributed by atoms with Crippen LogP contribution in [-0.2, 0) is 9.53 Å². The van der Waals surface area contributed by atoms with Gasteiger partial charge in [0, 0.05) is 43.7 Å². The summed E-state index contributed by atoms with van der Waals surface area (Å²) in [6.45, 7) is 2.49. The summed E-state index contributed by atoms with van der Waals surface area (Å²) in [6.07, 6.45) is -1.39. The molecule has 1 aromatic rings. The first-order valence-electron chi connectivity index (χ1n) is 8.19. The number of carbonyl (C=O) groups is 2. The SMILES string of the molecule is CC(=O)N(N)CC1CN(c2cc(F)c(N3CCSCC3)c(F)c2)C(=O)O1. The van der Waals surface area contributed by atoms with Gasteiger partial charge in [-0.3, -0.25) is 14.7 Å². The number of nitrogens with zero attached hydrogens (tertiary/aromatic N) is 3. The maximum absolute atomic E-state index is 14.5. The summed E-state index contributed by atoms with van der Waals surface area (Å²) >= 11 is 1.74. The standard InChI is InChI=1S/C16H20F2N4O3S/c1-10(23)22(19)9-12-8-21(16(24)25-12)11-6-13(17)15(14(18)7-11)20-2-4-26-5-3-20/h6-7,12H,2-5,8-9,19H2,1H3. The van der Waals surface area contributed by atoms with Gasteiger partial charge in [-0.25, -0.2) is 19.4 Å². The van der Waals surface area contributed by atoms with Crippen LogP contribution in [0, 0.1) is 11.6 Å². The average molecular weight is 386 g/mol. The Balaban J connectivity index is 1.77. The second kappa shape index (κ2) is 7.67. The number of rotatable bonds is 4. The van der Waals surface area contributed by atoms with Gasteiger partial charge in [0.2, 0.25) is 5.91 Å². The Morgan fingerprint density at radius 3 is 2.54 bits per heavy atom. The van der Waals surface area contributed by atoms with Crippen molar-refractivity contribution in [2.45, 2.75) is 13.0 Å². The number of halogens is 2. The van der Waals surface area contributed by atoms with Crippen LogP contribution in [0.4, 0.5) is 25.0 Å². The molecule has 26 heavy (non-hydrogen) atoms. The predicted octanol–water partition coefficient (Wildman–Crippen LogP) is 1.57. The third kappa shape index (κ3) is 3.85. The fourth-order valence-electron chi connectivity index (χ4n) is 2.97. The van der Waals surface area contributed by atoms with Crippen LogP contribution in [-0.4, -0.2) is 60.8 Å². The number of cyclic esters (lactones) is 1. The molecule has 10 heteroatoms. The summed E-state index contributed by atoms with van der Waals surface area (Å²) in [5.74, 6) is 5.34. The molecule has 1 unspecified atom stereocenters. The zero-order chi connectivity index (χ0) is 18.8. The lowest BCUT2D eigenvalue weighted by Crippen LogP contribution is -2.42. The maximum Gasteiger partial charge on any atom is 0.414 e. The van der Waals surface area contributed by atoms with Crippen molar-refractivity contribution in [3.63, 3.8) is 0 Å². The number of hydrogen-bond acceptors (Lipinski definition) is 6. The molecule has 2 amide bonds. The predicted molar refractivity (Wildman–Crippen MR) is 95.1 cm³/mol. The number of anilines is 2. The molecule has 7 nitrogen and oxygen atoms in total. The first-order chi connectivity index (χ1) is 12.4. The summed E-state index contributed by atoms with van der Waals surface area (Å²) in [5.41, 5.74) is 0.0110. The third-order valence-corrected chi connectivity index (χ3v) is 5.26. The topological polar surface area (TPSA) is 79.1 Å². The Morgan fingerprint density at radius 2 is 1.96 bits per heavy atom. The van der Waals surface area contributed by atoms with Crippen molar-refractivity contribution in [3.8, 4) is 0 Å². The van der Waals surface area contributed by atoms with E-state index in [-0.39, 0.29) is 30.4 Å². The van der Waals surface area contributed by atoms with Gasteiger partial charge in [-0.1, -0.05) is 0 Å². The van der Waals surface area contributed by atoms with Gasteiger partial charge in [0.15, 0.2) is 11.6 Å². The van der Waals surface area contributed by atoms with Crippen molar-refractivity contribution >= 4 is 35.1 Å². The first-order valence-corrected chi connectivity index (χ1v) is 9.35. The van der Waals surface area contributed by atoms with Crippen molar-refractivity contribution in [2.24, 2.45) is 5.84 Å². The smallest absolute Gasteiger partial charge is 0.414 e. The van der Waals surface area contributed by atoms with Crippen molar-refractivity contribution in [1.29, 1.82) is 0 Å². The molecule has 2 heterocycles.